The number of hydrogen-bond donors (Lipinski definition) is 2. The van der Waals surface area contributed by atoms with E-state index in [4.69, 9.17) is 19.4 Å². The van der Waals surface area contributed by atoms with Gasteiger partial charge in [-0.2, -0.15) is 13.2 Å². The number of amides is 1. The lowest BCUT2D eigenvalue weighted by Crippen LogP contribution is -2.42. The predicted molar refractivity (Wildman–Crippen MR) is 91.9 cm³/mol. The highest BCUT2D eigenvalue weighted by Crippen LogP contribution is 2.30. The van der Waals surface area contributed by atoms with Crippen LogP contribution in [0.1, 0.15) is 10.5 Å². The first-order valence-electron chi connectivity index (χ1n) is 8.06. The zero-order valence-corrected chi connectivity index (χ0v) is 15.0. The van der Waals surface area contributed by atoms with Crippen LogP contribution >= 0.6 is 0 Å². The van der Waals surface area contributed by atoms with E-state index in [1.165, 1.54) is 11.1 Å². The van der Waals surface area contributed by atoms with Crippen LogP contribution in [0.25, 0.3) is 0 Å². The van der Waals surface area contributed by atoms with Crippen LogP contribution in [0.5, 0.6) is 11.5 Å². The molecule has 1 aliphatic rings. The van der Waals surface area contributed by atoms with E-state index in [0.717, 1.165) is 6.20 Å². The topological polar surface area (TPSA) is 122 Å². The molecule has 2 heterocycles. The van der Waals surface area contributed by atoms with Crippen LogP contribution in [0.4, 0.5) is 13.2 Å². The maximum Gasteiger partial charge on any atom is 0.490 e. The van der Waals surface area contributed by atoms with Gasteiger partial charge in [-0.05, 0) is 12.1 Å². The normalized spacial score (nSPS) is 15.0. The molecule has 1 aromatic carbocycles. The van der Waals surface area contributed by atoms with Gasteiger partial charge < -0.3 is 24.5 Å². The van der Waals surface area contributed by atoms with Crippen molar-refractivity contribution in [1.29, 1.82) is 0 Å². The van der Waals surface area contributed by atoms with Crippen LogP contribution in [-0.2, 0) is 4.79 Å². The van der Waals surface area contributed by atoms with E-state index in [1.54, 1.807) is 7.05 Å². The van der Waals surface area contributed by atoms with Gasteiger partial charge in [-0.3, -0.25) is 9.59 Å². The molecule has 1 aliphatic heterocycles. The lowest BCUT2D eigenvalue weighted by molar-refractivity contribution is -0.192. The molecular weight excluding hydrogens is 399 g/mol. The van der Waals surface area contributed by atoms with Crippen LogP contribution in [0, 0.1) is 0 Å². The molecule has 0 radical (unpaired) electrons. The maximum absolute atomic E-state index is 12.2. The van der Waals surface area contributed by atoms with Crippen molar-refractivity contribution in [3.63, 3.8) is 0 Å². The van der Waals surface area contributed by atoms with E-state index in [1.807, 2.05) is 24.3 Å². The van der Waals surface area contributed by atoms with Crippen molar-refractivity contribution in [3.8, 4) is 11.5 Å². The number of aromatic nitrogens is 2. The molecular formula is C17H16F3N3O6. The Balaban J connectivity index is 0.000000370. The Morgan fingerprint density at radius 3 is 2.48 bits per heavy atom. The van der Waals surface area contributed by atoms with Crippen molar-refractivity contribution < 1.29 is 37.3 Å². The zero-order chi connectivity index (χ0) is 21.6. The van der Waals surface area contributed by atoms with Gasteiger partial charge in [0.05, 0.1) is 12.7 Å². The largest absolute Gasteiger partial charge is 0.490 e. The summed E-state index contributed by atoms with van der Waals surface area (Å²) in [5.41, 5.74) is -0.168. The third kappa shape index (κ3) is 6.23. The van der Waals surface area contributed by atoms with Crippen LogP contribution in [0.15, 0.2) is 41.5 Å². The van der Waals surface area contributed by atoms with E-state index >= 15 is 0 Å². The molecule has 1 atom stereocenters. The average molecular weight is 415 g/mol. The summed E-state index contributed by atoms with van der Waals surface area (Å²) in [5, 5.41) is 7.12. The molecule has 0 fully saturated rings. The number of hydrogen-bond acceptors (Lipinski definition) is 6. The summed E-state index contributed by atoms with van der Waals surface area (Å²) in [7, 11) is 1.65. The number of aromatic amines is 1. The number of carboxylic acid groups (broad SMARTS) is 1. The molecule has 9 nitrogen and oxygen atoms in total. The second-order valence-corrected chi connectivity index (χ2v) is 5.78. The quantitative estimate of drug-likeness (QED) is 0.775. The fourth-order valence-electron chi connectivity index (χ4n) is 2.20. The minimum absolute atomic E-state index is 0.180. The summed E-state index contributed by atoms with van der Waals surface area (Å²) in [6.07, 6.45) is -2.96. The van der Waals surface area contributed by atoms with Crippen molar-refractivity contribution in [3.05, 3.63) is 52.7 Å². The fourth-order valence-corrected chi connectivity index (χ4v) is 2.20. The highest BCUT2D eigenvalue weighted by molar-refractivity contribution is 5.91. The lowest BCUT2D eigenvalue weighted by atomic mass is 10.2. The van der Waals surface area contributed by atoms with Gasteiger partial charge in [0.25, 0.3) is 11.5 Å². The molecule has 156 valence electrons. The summed E-state index contributed by atoms with van der Waals surface area (Å²) in [6, 6.07) is 7.40. The molecule has 1 unspecified atom stereocenters. The van der Waals surface area contributed by atoms with Gasteiger partial charge in [0.1, 0.15) is 12.3 Å². The molecule has 0 spiro atoms. The zero-order valence-electron chi connectivity index (χ0n) is 15.0. The number of aliphatic carboxylic acids is 1. The Morgan fingerprint density at radius 1 is 1.31 bits per heavy atom. The van der Waals surface area contributed by atoms with E-state index in [0.29, 0.717) is 24.7 Å². The second-order valence-electron chi connectivity index (χ2n) is 5.78. The number of fused-ring (bicyclic) bond motifs is 1. The Hall–Kier alpha value is -3.57. The Labute approximate surface area is 161 Å². The van der Waals surface area contributed by atoms with E-state index in [-0.39, 0.29) is 23.3 Å². The number of rotatable bonds is 3. The second kappa shape index (κ2) is 9.08. The van der Waals surface area contributed by atoms with Gasteiger partial charge in [-0.1, -0.05) is 12.1 Å². The molecule has 2 aromatic rings. The summed E-state index contributed by atoms with van der Waals surface area (Å²) in [4.78, 5) is 39.8. The molecule has 3 rings (SSSR count). The first-order valence-corrected chi connectivity index (χ1v) is 8.06. The number of H-pyrrole nitrogens is 1. The van der Waals surface area contributed by atoms with Crippen LogP contribution in [0.2, 0.25) is 0 Å². The van der Waals surface area contributed by atoms with E-state index in [2.05, 4.69) is 9.97 Å². The first kappa shape index (κ1) is 21.7. The number of carbonyl (C=O) groups excluding carboxylic acids is 1. The number of alkyl halides is 3. The van der Waals surface area contributed by atoms with Crippen molar-refractivity contribution in [2.75, 3.05) is 20.2 Å². The summed E-state index contributed by atoms with van der Waals surface area (Å²) in [6.45, 7) is 0.724. The number of nitrogens with zero attached hydrogens (tertiary/aromatic N) is 2. The van der Waals surface area contributed by atoms with Gasteiger partial charge in [-0.25, -0.2) is 9.78 Å². The number of carbonyl (C=O) groups is 2. The molecule has 0 saturated heterocycles. The number of carboxylic acids is 1. The Bertz CT molecular complexity index is 911. The number of para-hydroxylation sites is 2. The molecule has 0 aliphatic carbocycles. The number of likely N-dealkylation sites (N-methyl/N-ethyl adjacent to an activating group) is 1. The molecule has 2 N–H and O–H groups in total. The van der Waals surface area contributed by atoms with Crippen molar-refractivity contribution in [2.45, 2.75) is 12.3 Å². The monoisotopic (exact) mass is 415 g/mol. The maximum atomic E-state index is 12.2. The van der Waals surface area contributed by atoms with Crippen LogP contribution < -0.4 is 15.0 Å². The molecule has 1 amide bonds. The SMILES string of the molecule is CN(CC1COc2ccccc2O1)C(=O)c1c[nH]c(=O)cn1.O=C(O)C(F)(F)F. The summed E-state index contributed by atoms with van der Waals surface area (Å²) in [5.74, 6) is -1.68. The highest BCUT2D eigenvalue weighted by atomic mass is 19.4. The number of ether oxygens (including phenoxy) is 2. The van der Waals surface area contributed by atoms with Crippen molar-refractivity contribution >= 4 is 11.9 Å². The summed E-state index contributed by atoms with van der Waals surface area (Å²) < 4.78 is 43.2. The smallest absolute Gasteiger partial charge is 0.486 e. The number of benzene rings is 1. The standard InChI is InChI=1S/C15H15N3O4.C2HF3O2/c1-18(15(20)11-6-17-14(19)7-16-11)8-10-9-21-12-4-2-3-5-13(12)22-10;3-2(4,5)1(6)7/h2-7,10H,8-9H2,1H3,(H,17,19);(H,6,7). The molecule has 1 aromatic heterocycles. The Kier molecular flexibility index (Phi) is 6.80. The van der Waals surface area contributed by atoms with Crippen LogP contribution in [-0.4, -0.2) is 64.3 Å². The fraction of sp³-hybridized carbons (Fsp3) is 0.294. The minimum atomic E-state index is -5.08. The summed E-state index contributed by atoms with van der Waals surface area (Å²) >= 11 is 0. The molecule has 12 heteroatoms. The minimum Gasteiger partial charge on any atom is -0.486 e. The lowest BCUT2D eigenvalue weighted by Gasteiger charge is -2.29. The highest BCUT2D eigenvalue weighted by Gasteiger charge is 2.38. The third-order valence-electron chi connectivity index (χ3n) is 3.53. The number of halogens is 3. The van der Waals surface area contributed by atoms with E-state index < -0.39 is 12.1 Å². The van der Waals surface area contributed by atoms with Gasteiger partial charge in [0.15, 0.2) is 17.6 Å². The van der Waals surface area contributed by atoms with E-state index in [9.17, 15) is 22.8 Å². The number of nitrogens with one attached hydrogen (secondary N) is 1. The van der Waals surface area contributed by atoms with Gasteiger partial charge in [0.2, 0.25) is 0 Å². The van der Waals surface area contributed by atoms with Crippen LogP contribution in [0.3, 0.4) is 0 Å². The van der Waals surface area contributed by atoms with Gasteiger partial charge in [0, 0.05) is 13.2 Å². The van der Waals surface area contributed by atoms with Crippen molar-refractivity contribution in [2.24, 2.45) is 0 Å². The molecule has 0 saturated carbocycles. The average Bonchev–Trinajstić information content (AvgIpc) is 2.67. The van der Waals surface area contributed by atoms with Gasteiger partial charge >= 0.3 is 12.1 Å². The van der Waals surface area contributed by atoms with Gasteiger partial charge in [-0.15, -0.1) is 0 Å². The third-order valence-corrected chi connectivity index (χ3v) is 3.53. The Morgan fingerprint density at radius 2 is 1.93 bits per heavy atom. The molecule has 29 heavy (non-hydrogen) atoms. The predicted octanol–water partition coefficient (Wildman–Crippen LogP) is 1.32. The van der Waals surface area contributed by atoms with Crippen molar-refractivity contribution in [1.82, 2.24) is 14.9 Å². The first-order chi connectivity index (χ1) is 13.6. The molecule has 0 bridgehead atoms.